The lowest BCUT2D eigenvalue weighted by Crippen LogP contribution is -2.18. The van der Waals surface area contributed by atoms with Crippen LogP contribution in [-0.4, -0.2) is 31.9 Å². The van der Waals surface area contributed by atoms with Gasteiger partial charge in [0.1, 0.15) is 5.75 Å². The van der Waals surface area contributed by atoms with Crippen molar-refractivity contribution in [2.45, 2.75) is 0 Å². The Hall–Kier alpha value is -1.77. The van der Waals surface area contributed by atoms with Crippen LogP contribution in [0.3, 0.4) is 0 Å². The molecule has 1 aromatic carbocycles. The van der Waals surface area contributed by atoms with Crippen LogP contribution in [0, 0.1) is 0 Å². The SMILES string of the molecule is C=C(C(=O)c1ccccc1OC)N(C)C. The van der Waals surface area contributed by atoms with Gasteiger partial charge in [0.05, 0.1) is 18.4 Å². The Kier molecular flexibility index (Phi) is 3.50. The molecule has 1 rings (SSSR count). The van der Waals surface area contributed by atoms with Crippen LogP contribution in [0.1, 0.15) is 10.4 Å². The van der Waals surface area contributed by atoms with Crippen molar-refractivity contribution in [3.63, 3.8) is 0 Å². The number of carbonyl (C=O) groups excluding carboxylic acids is 1. The number of carbonyl (C=O) groups is 1. The molecule has 0 bridgehead atoms. The van der Waals surface area contributed by atoms with Crippen LogP contribution >= 0.6 is 0 Å². The fraction of sp³-hybridized carbons (Fsp3) is 0.250. The van der Waals surface area contributed by atoms with Gasteiger partial charge in [-0.2, -0.15) is 0 Å². The molecule has 0 saturated carbocycles. The molecule has 0 aliphatic rings. The molecular weight excluding hydrogens is 190 g/mol. The topological polar surface area (TPSA) is 29.5 Å². The highest BCUT2D eigenvalue weighted by molar-refractivity contribution is 6.09. The lowest BCUT2D eigenvalue weighted by Gasteiger charge is -2.15. The van der Waals surface area contributed by atoms with E-state index in [2.05, 4.69) is 6.58 Å². The van der Waals surface area contributed by atoms with Crippen molar-refractivity contribution in [1.29, 1.82) is 0 Å². The van der Waals surface area contributed by atoms with E-state index in [0.29, 0.717) is 17.0 Å². The molecule has 0 spiro atoms. The summed E-state index contributed by atoms with van der Waals surface area (Å²) in [5.41, 5.74) is 0.984. The number of likely N-dealkylation sites (N-methyl/N-ethyl adjacent to an activating group) is 1. The maximum absolute atomic E-state index is 11.9. The molecule has 0 amide bonds. The number of benzene rings is 1. The highest BCUT2D eigenvalue weighted by atomic mass is 16.5. The molecule has 0 aliphatic heterocycles. The monoisotopic (exact) mass is 205 g/mol. The third-order valence-corrected chi connectivity index (χ3v) is 2.15. The van der Waals surface area contributed by atoms with Crippen LogP contribution in [0.2, 0.25) is 0 Å². The fourth-order valence-electron chi connectivity index (χ4n) is 1.19. The molecule has 1 aromatic rings. The van der Waals surface area contributed by atoms with Crippen molar-refractivity contribution >= 4 is 5.78 Å². The van der Waals surface area contributed by atoms with Gasteiger partial charge in [0.15, 0.2) is 0 Å². The molecule has 0 heterocycles. The van der Waals surface area contributed by atoms with Gasteiger partial charge in [-0.1, -0.05) is 18.7 Å². The Bertz CT molecular complexity index is 383. The van der Waals surface area contributed by atoms with E-state index in [1.807, 2.05) is 6.07 Å². The average Bonchev–Trinajstić information content (AvgIpc) is 2.26. The first-order valence-electron chi connectivity index (χ1n) is 4.62. The number of rotatable bonds is 4. The summed E-state index contributed by atoms with van der Waals surface area (Å²) in [5.74, 6) is 0.461. The Morgan fingerprint density at radius 2 is 1.93 bits per heavy atom. The van der Waals surface area contributed by atoms with Crippen LogP contribution in [0.15, 0.2) is 36.5 Å². The molecule has 80 valence electrons. The third-order valence-electron chi connectivity index (χ3n) is 2.15. The smallest absolute Gasteiger partial charge is 0.212 e. The first-order chi connectivity index (χ1) is 7.07. The molecule has 0 atom stereocenters. The Morgan fingerprint density at radius 3 is 2.47 bits per heavy atom. The summed E-state index contributed by atoms with van der Waals surface area (Å²) in [4.78, 5) is 13.6. The molecular formula is C12H15NO2. The second kappa shape index (κ2) is 4.64. The summed E-state index contributed by atoms with van der Waals surface area (Å²) in [6.07, 6.45) is 0. The van der Waals surface area contributed by atoms with Crippen molar-refractivity contribution in [3.8, 4) is 5.75 Å². The van der Waals surface area contributed by atoms with Crippen LogP contribution in [0.25, 0.3) is 0 Å². The molecule has 0 N–H and O–H groups in total. The van der Waals surface area contributed by atoms with Crippen LogP contribution in [-0.2, 0) is 0 Å². The average molecular weight is 205 g/mol. The maximum atomic E-state index is 11.9. The molecule has 15 heavy (non-hydrogen) atoms. The number of ketones is 1. The number of para-hydroxylation sites is 1. The van der Waals surface area contributed by atoms with Gasteiger partial charge in [0.25, 0.3) is 0 Å². The molecule has 0 saturated heterocycles. The third kappa shape index (κ3) is 2.37. The van der Waals surface area contributed by atoms with Crippen molar-refractivity contribution in [2.75, 3.05) is 21.2 Å². The number of allylic oxidation sites excluding steroid dienone is 1. The molecule has 3 nitrogen and oxygen atoms in total. The van der Waals surface area contributed by atoms with Crippen molar-refractivity contribution < 1.29 is 9.53 Å². The van der Waals surface area contributed by atoms with E-state index >= 15 is 0 Å². The van der Waals surface area contributed by atoms with E-state index in [1.54, 1.807) is 44.3 Å². The van der Waals surface area contributed by atoms with E-state index < -0.39 is 0 Å². The molecule has 0 radical (unpaired) electrons. The zero-order chi connectivity index (χ0) is 11.4. The lowest BCUT2D eigenvalue weighted by molar-refractivity contribution is 0.100. The number of methoxy groups -OCH3 is 1. The summed E-state index contributed by atoms with van der Waals surface area (Å²) < 4.78 is 5.12. The quantitative estimate of drug-likeness (QED) is 0.556. The summed E-state index contributed by atoms with van der Waals surface area (Å²) in [6, 6.07) is 7.12. The minimum Gasteiger partial charge on any atom is -0.496 e. The van der Waals surface area contributed by atoms with E-state index in [-0.39, 0.29) is 5.78 Å². The maximum Gasteiger partial charge on any atom is 0.212 e. The van der Waals surface area contributed by atoms with Gasteiger partial charge in [-0.3, -0.25) is 4.79 Å². The first kappa shape index (κ1) is 11.3. The normalized spacial score (nSPS) is 9.53. The highest BCUT2D eigenvalue weighted by Crippen LogP contribution is 2.20. The van der Waals surface area contributed by atoms with Gasteiger partial charge in [-0.25, -0.2) is 0 Å². The fourth-order valence-corrected chi connectivity index (χ4v) is 1.19. The van der Waals surface area contributed by atoms with Gasteiger partial charge >= 0.3 is 0 Å². The van der Waals surface area contributed by atoms with E-state index in [4.69, 9.17) is 4.74 Å². The van der Waals surface area contributed by atoms with E-state index in [0.717, 1.165) is 0 Å². The summed E-state index contributed by atoms with van der Waals surface area (Å²) in [6.45, 7) is 3.73. The molecule has 0 aromatic heterocycles. The second-order valence-electron chi connectivity index (χ2n) is 3.37. The van der Waals surface area contributed by atoms with Gasteiger partial charge in [-0.05, 0) is 12.1 Å². The van der Waals surface area contributed by atoms with Crippen LogP contribution in [0.5, 0.6) is 5.75 Å². The zero-order valence-electron chi connectivity index (χ0n) is 9.28. The number of nitrogens with zero attached hydrogens (tertiary/aromatic N) is 1. The predicted octanol–water partition coefficient (Wildman–Crippen LogP) is 1.95. The standard InChI is InChI=1S/C12H15NO2/c1-9(13(2)3)12(14)10-7-5-6-8-11(10)15-4/h5-8H,1H2,2-4H3. The first-order valence-corrected chi connectivity index (χ1v) is 4.62. The highest BCUT2D eigenvalue weighted by Gasteiger charge is 2.15. The lowest BCUT2D eigenvalue weighted by atomic mass is 10.1. The van der Waals surface area contributed by atoms with Crippen LogP contribution < -0.4 is 4.74 Å². The van der Waals surface area contributed by atoms with E-state index in [9.17, 15) is 4.79 Å². The molecule has 0 unspecified atom stereocenters. The molecule has 0 aliphatic carbocycles. The number of Topliss-reactive ketones (excluding diaryl/α,β-unsaturated/α-hetero) is 1. The van der Waals surface area contributed by atoms with Crippen LogP contribution in [0.4, 0.5) is 0 Å². The van der Waals surface area contributed by atoms with Gasteiger partial charge in [0.2, 0.25) is 5.78 Å². The van der Waals surface area contributed by atoms with Crippen molar-refractivity contribution in [3.05, 3.63) is 42.1 Å². The van der Waals surface area contributed by atoms with Crippen molar-refractivity contribution in [2.24, 2.45) is 0 Å². The number of hydrogen-bond acceptors (Lipinski definition) is 3. The molecule has 0 fully saturated rings. The minimum absolute atomic E-state index is 0.113. The van der Waals surface area contributed by atoms with Gasteiger partial charge in [0, 0.05) is 14.1 Å². The summed E-state index contributed by atoms with van der Waals surface area (Å²) in [7, 11) is 5.12. The van der Waals surface area contributed by atoms with E-state index in [1.165, 1.54) is 0 Å². The number of hydrogen-bond donors (Lipinski definition) is 0. The largest absolute Gasteiger partial charge is 0.496 e. The molecule has 3 heteroatoms. The summed E-state index contributed by atoms with van der Waals surface area (Å²) in [5, 5.41) is 0. The summed E-state index contributed by atoms with van der Waals surface area (Å²) >= 11 is 0. The van der Waals surface area contributed by atoms with Gasteiger partial charge in [-0.15, -0.1) is 0 Å². The Labute approximate surface area is 90.0 Å². The Balaban J connectivity index is 3.06. The Morgan fingerprint density at radius 1 is 1.33 bits per heavy atom. The van der Waals surface area contributed by atoms with Crippen molar-refractivity contribution in [1.82, 2.24) is 4.90 Å². The second-order valence-corrected chi connectivity index (χ2v) is 3.37. The zero-order valence-corrected chi connectivity index (χ0v) is 9.28. The number of ether oxygens (including phenoxy) is 1. The van der Waals surface area contributed by atoms with Gasteiger partial charge < -0.3 is 9.64 Å². The minimum atomic E-state index is -0.113. The predicted molar refractivity (Wildman–Crippen MR) is 60.2 cm³/mol.